The van der Waals surface area contributed by atoms with Gasteiger partial charge in [0.25, 0.3) is 0 Å². The van der Waals surface area contributed by atoms with Crippen molar-refractivity contribution < 1.29 is 4.74 Å². The Labute approximate surface area is 92.9 Å². The molecule has 0 atom stereocenters. The minimum absolute atomic E-state index is 0.207. The van der Waals surface area contributed by atoms with Crippen molar-refractivity contribution in [2.75, 3.05) is 0 Å². The second-order valence-corrected chi connectivity index (χ2v) is 4.30. The van der Waals surface area contributed by atoms with Crippen LogP contribution in [0.25, 0.3) is 6.08 Å². The molecule has 0 heterocycles. The van der Waals surface area contributed by atoms with E-state index in [1.54, 1.807) is 0 Å². The summed E-state index contributed by atoms with van der Waals surface area (Å²) in [4.78, 5) is 0. The summed E-state index contributed by atoms with van der Waals surface area (Å²) < 4.78 is 6.81. The third-order valence-electron chi connectivity index (χ3n) is 1.55. The smallest absolute Gasteiger partial charge is 0.126 e. The van der Waals surface area contributed by atoms with Gasteiger partial charge in [-0.3, -0.25) is 0 Å². The molecule has 0 amide bonds. The van der Waals surface area contributed by atoms with Crippen molar-refractivity contribution in [1.82, 2.24) is 0 Å². The fourth-order valence-corrected chi connectivity index (χ4v) is 1.56. The van der Waals surface area contributed by atoms with E-state index in [9.17, 15) is 0 Å². The maximum Gasteiger partial charge on any atom is 0.126 e. The fourth-order valence-electron chi connectivity index (χ4n) is 1.04. The van der Waals surface area contributed by atoms with Crippen molar-refractivity contribution in [3.8, 4) is 5.75 Å². The highest BCUT2D eigenvalue weighted by Crippen LogP contribution is 2.23. The molecule has 0 aliphatic rings. The van der Waals surface area contributed by atoms with Crippen molar-refractivity contribution in [2.24, 2.45) is 0 Å². The van der Waals surface area contributed by atoms with Crippen LogP contribution in [0.1, 0.15) is 19.4 Å². The van der Waals surface area contributed by atoms with E-state index in [-0.39, 0.29) is 6.10 Å². The highest BCUT2D eigenvalue weighted by Gasteiger charge is 2.02. The van der Waals surface area contributed by atoms with Crippen molar-refractivity contribution in [3.05, 3.63) is 33.9 Å². The van der Waals surface area contributed by atoms with E-state index in [1.807, 2.05) is 32.1 Å². The first-order chi connectivity index (χ1) is 6.13. The van der Waals surface area contributed by atoms with Gasteiger partial charge in [-0.05, 0) is 54.6 Å². The molecule has 0 aliphatic heterocycles. The van der Waals surface area contributed by atoms with E-state index < -0.39 is 0 Å². The van der Waals surface area contributed by atoms with Gasteiger partial charge >= 0.3 is 0 Å². The SMILES string of the molecule is C=Cc1cc(I)ccc1OC(C)C. The molecule has 1 aromatic carbocycles. The summed E-state index contributed by atoms with van der Waals surface area (Å²) >= 11 is 2.28. The number of hydrogen-bond donors (Lipinski definition) is 0. The van der Waals surface area contributed by atoms with Gasteiger partial charge in [0.05, 0.1) is 6.10 Å². The average Bonchev–Trinajstić information content (AvgIpc) is 2.07. The molecule has 0 saturated heterocycles. The van der Waals surface area contributed by atoms with E-state index >= 15 is 0 Å². The minimum atomic E-state index is 0.207. The predicted molar refractivity (Wildman–Crippen MR) is 65.0 cm³/mol. The summed E-state index contributed by atoms with van der Waals surface area (Å²) in [5, 5.41) is 0. The van der Waals surface area contributed by atoms with Gasteiger partial charge in [-0.25, -0.2) is 0 Å². The van der Waals surface area contributed by atoms with Crippen LogP contribution in [0.5, 0.6) is 5.75 Å². The summed E-state index contributed by atoms with van der Waals surface area (Å²) in [6.07, 6.45) is 2.03. The van der Waals surface area contributed by atoms with E-state index in [2.05, 4.69) is 35.2 Å². The lowest BCUT2D eigenvalue weighted by Gasteiger charge is -2.12. The number of ether oxygens (including phenoxy) is 1. The molecule has 2 heteroatoms. The molecule has 0 saturated carbocycles. The van der Waals surface area contributed by atoms with Gasteiger partial charge in [0.2, 0.25) is 0 Å². The molecule has 1 aromatic rings. The zero-order chi connectivity index (χ0) is 9.84. The molecule has 1 nitrogen and oxygen atoms in total. The number of benzene rings is 1. The van der Waals surface area contributed by atoms with E-state index in [0.29, 0.717) is 0 Å². The first-order valence-electron chi connectivity index (χ1n) is 4.22. The Balaban J connectivity index is 2.99. The van der Waals surface area contributed by atoms with Gasteiger partial charge in [-0.1, -0.05) is 12.7 Å². The topological polar surface area (TPSA) is 9.23 Å². The van der Waals surface area contributed by atoms with Gasteiger partial charge in [-0.2, -0.15) is 0 Å². The van der Waals surface area contributed by atoms with E-state index in [1.165, 1.54) is 3.57 Å². The Hall–Kier alpha value is -0.510. The number of hydrogen-bond acceptors (Lipinski definition) is 1. The van der Waals surface area contributed by atoms with Gasteiger partial charge in [0.1, 0.15) is 5.75 Å². The molecule has 0 unspecified atom stereocenters. The summed E-state index contributed by atoms with van der Waals surface area (Å²) in [5.41, 5.74) is 1.06. The molecule has 0 spiro atoms. The van der Waals surface area contributed by atoms with E-state index in [4.69, 9.17) is 4.74 Å². The van der Waals surface area contributed by atoms with Gasteiger partial charge in [-0.15, -0.1) is 0 Å². The van der Waals surface area contributed by atoms with Crippen LogP contribution in [-0.2, 0) is 0 Å². The Bertz CT molecular complexity index is 305. The van der Waals surface area contributed by atoms with Crippen molar-refractivity contribution in [2.45, 2.75) is 20.0 Å². The standard InChI is InChI=1S/C11H13IO/c1-4-9-7-10(12)5-6-11(9)13-8(2)3/h4-8H,1H2,2-3H3. The zero-order valence-electron chi connectivity index (χ0n) is 7.88. The second kappa shape index (κ2) is 4.65. The highest BCUT2D eigenvalue weighted by molar-refractivity contribution is 14.1. The van der Waals surface area contributed by atoms with Crippen LogP contribution in [0, 0.1) is 3.57 Å². The maximum absolute atomic E-state index is 5.62. The normalized spacial score (nSPS) is 10.2. The fraction of sp³-hybridized carbons (Fsp3) is 0.273. The summed E-state index contributed by atoms with van der Waals surface area (Å²) in [6, 6.07) is 6.08. The molecular formula is C11H13IO. The quantitative estimate of drug-likeness (QED) is 0.770. The first kappa shape index (κ1) is 10.6. The van der Waals surface area contributed by atoms with Crippen molar-refractivity contribution in [3.63, 3.8) is 0 Å². The van der Waals surface area contributed by atoms with Gasteiger partial charge in [0.15, 0.2) is 0 Å². The summed E-state index contributed by atoms with van der Waals surface area (Å²) in [6.45, 7) is 7.79. The Kier molecular flexibility index (Phi) is 3.78. The molecule has 13 heavy (non-hydrogen) atoms. The molecule has 0 aliphatic carbocycles. The zero-order valence-corrected chi connectivity index (χ0v) is 10.0. The Morgan fingerprint density at radius 1 is 1.46 bits per heavy atom. The molecule has 0 fully saturated rings. The van der Waals surface area contributed by atoms with Crippen molar-refractivity contribution in [1.29, 1.82) is 0 Å². The first-order valence-corrected chi connectivity index (χ1v) is 5.30. The molecule has 0 radical (unpaired) electrons. The lowest BCUT2D eigenvalue weighted by atomic mass is 10.2. The third-order valence-corrected chi connectivity index (χ3v) is 2.23. The minimum Gasteiger partial charge on any atom is -0.490 e. The molecular weight excluding hydrogens is 275 g/mol. The largest absolute Gasteiger partial charge is 0.490 e. The highest BCUT2D eigenvalue weighted by atomic mass is 127. The summed E-state index contributed by atoms with van der Waals surface area (Å²) in [5.74, 6) is 0.908. The van der Waals surface area contributed by atoms with Crippen LogP contribution in [0.3, 0.4) is 0 Å². The number of halogens is 1. The predicted octanol–water partition coefficient (Wildman–Crippen LogP) is 3.72. The molecule has 0 N–H and O–H groups in total. The van der Waals surface area contributed by atoms with Crippen LogP contribution in [0.15, 0.2) is 24.8 Å². The van der Waals surface area contributed by atoms with Crippen LogP contribution in [-0.4, -0.2) is 6.10 Å². The van der Waals surface area contributed by atoms with Crippen LogP contribution in [0.2, 0.25) is 0 Å². The van der Waals surface area contributed by atoms with Crippen LogP contribution >= 0.6 is 22.6 Å². The lowest BCUT2D eigenvalue weighted by molar-refractivity contribution is 0.242. The second-order valence-electron chi connectivity index (χ2n) is 3.05. The van der Waals surface area contributed by atoms with Gasteiger partial charge < -0.3 is 4.74 Å². The molecule has 0 bridgehead atoms. The molecule has 0 aromatic heterocycles. The van der Waals surface area contributed by atoms with Crippen LogP contribution in [0.4, 0.5) is 0 Å². The van der Waals surface area contributed by atoms with Crippen LogP contribution < -0.4 is 4.74 Å². The summed E-state index contributed by atoms with van der Waals surface area (Å²) in [7, 11) is 0. The third kappa shape index (κ3) is 3.03. The lowest BCUT2D eigenvalue weighted by Crippen LogP contribution is -2.06. The number of rotatable bonds is 3. The average molecular weight is 288 g/mol. The Morgan fingerprint density at radius 2 is 2.15 bits per heavy atom. The monoisotopic (exact) mass is 288 g/mol. The Morgan fingerprint density at radius 3 is 2.69 bits per heavy atom. The molecule has 1 rings (SSSR count). The van der Waals surface area contributed by atoms with Gasteiger partial charge in [0, 0.05) is 9.13 Å². The molecule has 70 valence electrons. The maximum atomic E-state index is 5.62. The van der Waals surface area contributed by atoms with E-state index in [0.717, 1.165) is 11.3 Å². The van der Waals surface area contributed by atoms with Crippen molar-refractivity contribution >= 4 is 28.7 Å².